The molecule has 0 unspecified atom stereocenters. The Hall–Kier alpha value is -1.69. The van der Waals surface area contributed by atoms with E-state index in [0.717, 1.165) is 11.2 Å². The van der Waals surface area contributed by atoms with Gasteiger partial charge >= 0.3 is 5.69 Å². The molecule has 106 valence electrons. The zero-order valence-corrected chi connectivity index (χ0v) is 12.4. The van der Waals surface area contributed by atoms with Gasteiger partial charge in [-0.2, -0.15) is 0 Å². The van der Waals surface area contributed by atoms with Crippen molar-refractivity contribution in [3.63, 3.8) is 0 Å². The van der Waals surface area contributed by atoms with Crippen molar-refractivity contribution in [3.8, 4) is 0 Å². The summed E-state index contributed by atoms with van der Waals surface area (Å²) in [5.74, 6) is 0.594. The number of nitrogens with zero attached hydrogens (tertiary/aromatic N) is 2. The summed E-state index contributed by atoms with van der Waals surface area (Å²) in [6, 6.07) is 3.70. The number of nitro groups is 1. The molecule has 1 saturated carbocycles. The van der Waals surface area contributed by atoms with E-state index in [1.807, 2.05) is 6.07 Å². The van der Waals surface area contributed by atoms with Crippen LogP contribution in [0, 0.1) is 21.4 Å². The van der Waals surface area contributed by atoms with E-state index >= 15 is 0 Å². The molecule has 1 aliphatic rings. The van der Waals surface area contributed by atoms with E-state index in [2.05, 4.69) is 24.1 Å². The Labute approximate surface area is 121 Å². The number of hydrogen-bond acceptors (Lipinski definition) is 5. The van der Waals surface area contributed by atoms with Gasteiger partial charge in [0.25, 0.3) is 0 Å². The van der Waals surface area contributed by atoms with Crippen molar-refractivity contribution in [1.29, 1.82) is 0 Å². The summed E-state index contributed by atoms with van der Waals surface area (Å²) in [5.41, 5.74) is 3.13. The molecule has 5 nitrogen and oxygen atoms in total. The van der Waals surface area contributed by atoms with Gasteiger partial charge in [0.2, 0.25) is 0 Å². The Balaban J connectivity index is 1.91. The Bertz CT molecular complexity index is 661. The van der Waals surface area contributed by atoms with Crippen molar-refractivity contribution in [2.24, 2.45) is 11.3 Å². The highest BCUT2D eigenvalue weighted by Crippen LogP contribution is 2.52. The maximum absolute atomic E-state index is 11.3. The minimum atomic E-state index is -0.334. The minimum Gasteiger partial charge on any atom is -0.379 e. The van der Waals surface area contributed by atoms with E-state index in [0.29, 0.717) is 22.5 Å². The molecule has 0 aliphatic heterocycles. The molecular formula is C14H17N3O2S. The van der Waals surface area contributed by atoms with E-state index in [9.17, 15) is 10.1 Å². The lowest BCUT2D eigenvalue weighted by Crippen LogP contribution is -2.21. The molecule has 3 rings (SSSR count). The van der Waals surface area contributed by atoms with E-state index in [1.165, 1.54) is 24.2 Å². The van der Waals surface area contributed by atoms with Crippen molar-refractivity contribution in [1.82, 2.24) is 4.98 Å². The summed E-state index contributed by atoms with van der Waals surface area (Å²) >= 11 is 1.43. The predicted molar refractivity (Wildman–Crippen MR) is 81.3 cm³/mol. The summed E-state index contributed by atoms with van der Waals surface area (Å²) in [6.07, 6.45) is 2.40. The van der Waals surface area contributed by atoms with Crippen LogP contribution in [-0.4, -0.2) is 16.5 Å². The average molecular weight is 291 g/mol. The highest BCUT2D eigenvalue weighted by atomic mass is 32.1. The second-order valence-electron chi connectivity index (χ2n) is 5.79. The average Bonchev–Trinajstić information content (AvgIpc) is 3.06. The Morgan fingerprint density at radius 2 is 2.25 bits per heavy atom. The quantitative estimate of drug-likeness (QED) is 0.666. The van der Waals surface area contributed by atoms with Crippen LogP contribution in [-0.2, 0) is 0 Å². The fourth-order valence-corrected chi connectivity index (χ4v) is 3.31. The molecule has 1 N–H and O–H groups in total. The molecule has 1 aromatic carbocycles. The van der Waals surface area contributed by atoms with Crippen LogP contribution >= 0.6 is 11.3 Å². The molecule has 0 atom stereocenters. The van der Waals surface area contributed by atoms with Crippen LogP contribution in [0.2, 0.25) is 0 Å². The molecule has 0 bridgehead atoms. The van der Waals surface area contributed by atoms with E-state index in [-0.39, 0.29) is 10.6 Å². The van der Waals surface area contributed by atoms with Crippen molar-refractivity contribution < 1.29 is 4.92 Å². The van der Waals surface area contributed by atoms with Gasteiger partial charge in [0.1, 0.15) is 5.69 Å². The zero-order chi connectivity index (χ0) is 14.3. The van der Waals surface area contributed by atoms with E-state index < -0.39 is 0 Å². The normalized spacial score (nSPS) is 16.6. The van der Waals surface area contributed by atoms with Gasteiger partial charge < -0.3 is 5.32 Å². The summed E-state index contributed by atoms with van der Waals surface area (Å²) in [5, 5.41) is 14.6. The third-order valence-corrected chi connectivity index (χ3v) is 5.20. The lowest BCUT2D eigenvalue weighted by atomic mass is 9.92. The number of rotatable bonds is 5. The van der Waals surface area contributed by atoms with Crippen molar-refractivity contribution in [2.75, 3.05) is 11.9 Å². The topological polar surface area (TPSA) is 68.1 Å². The number of anilines is 1. The Morgan fingerprint density at radius 3 is 2.85 bits per heavy atom. The molecule has 0 spiro atoms. The molecule has 20 heavy (non-hydrogen) atoms. The highest BCUT2D eigenvalue weighted by molar-refractivity contribution is 7.16. The third kappa shape index (κ3) is 2.14. The standard InChI is InChI=1S/C14H17N3O2S/c1-9(2)14(5-6-14)7-15-10-3-4-11-12(16-8-20-11)13(10)17(18)19/h3-4,8-9,15H,5-7H2,1-2H3. The third-order valence-electron chi connectivity index (χ3n) is 4.41. The van der Waals surface area contributed by atoms with Gasteiger partial charge in [-0.1, -0.05) is 13.8 Å². The maximum atomic E-state index is 11.3. The second kappa shape index (κ2) is 4.70. The number of hydrogen-bond donors (Lipinski definition) is 1. The van der Waals surface area contributed by atoms with Gasteiger partial charge in [0, 0.05) is 6.54 Å². The van der Waals surface area contributed by atoms with Crippen molar-refractivity contribution >= 4 is 32.9 Å². The first-order valence-electron chi connectivity index (χ1n) is 6.78. The SMILES string of the molecule is CC(C)C1(CNc2ccc3scnc3c2[N+](=O)[O-])CC1. The van der Waals surface area contributed by atoms with Gasteiger partial charge in [-0.3, -0.25) is 10.1 Å². The van der Waals surface area contributed by atoms with Crippen LogP contribution in [0.15, 0.2) is 17.6 Å². The number of nitro benzene ring substituents is 1. The summed E-state index contributed by atoms with van der Waals surface area (Å²) in [4.78, 5) is 15.1. The molecule has 1 aromatic heterocycles. The number of fused-ring (bicyclic) bond motifs is 1. The van der Waals surface area contributed by atoms with E-state index in [4.69, 9.17) is 0 Å². The van der Waals surface area contributed by atoms with Crippen LogP contribution < -0.4 is 5.32 Å². The largest absolute Gasteiger partial charge is 0.379 e. The summed E-state index contributed by atoms with van der Waals surface area (Å²) in [7, 11) is 0. The van der Waals surface area contributed by atoms with Gasteiger partial charge in [0.05, 0.1) is 15.1 Å². The first-order chi connectivity index (χ1) is 9.53. The van der Waals surface area contributed by atoms with Gasteiger partial charge in [-0.15, -0.1) is 11.3 Å². The molecule has 2 aromatic rings. The molecule has 0 saturated heterocycles. The zero-order valence-electron chi connectivity index (χ0n) is 11.5. The molecule has 1 heterocycles. The maximum Gasteiger partial charge on any atom is 0.319 e. The number of benzene rings is 1. The molecule has 1 fully saturated rings. The number of thiazole rings is 1. The first kappa shape index (κ1) is 13.3. The molecule has 6 heteroatoms. The summed E-state index contributed by atoms with van der Waals surface area (Å²) < 4.78 is 0.854. The fraction of sp³-hybridized carbons (Fsp3) is 0.500. The molecular weight excluding hydrogens is 274 g/mol. The van der Waals surface area contributed by atoms with Crippen LogP contribution in [0.4, 0.5) is 11.4 Å². The smallest absolute Gasteiger partial charge is 0.319 e. The second-order valence-corrected chi connectivity index (χ2v) is 6.67. The monoisotopic (exact) mass is 291 g/mol. The molecule has 1 aliphatic carbocycles. The van der Waals surface area contributed by atoms with Crippen LogP contribution in [0.25, 0.3) is 10.2 Å². The van der Waals surface area contributed by atoms with Gasteiger partial charge in [-0.05, 0) is 36.3 Å². The fourth-order valence-electron chi connectivity index (χ4n) is 2.63. The highest BCUT2D eigenvalue weighted by Gasteiger charge is 2.45. The first-order valence-corrected chi connectivity index (χ1v) is 7.66. The van der Waals surface area contributed by atoms with Crippen LogP contribution in [0.5, 0.6) is 0 Å². The van der Waals surface area contributed by atoms with E-state index in [1.54, 1.807) is 11.6 Å². The van der Waals surface area contributed by atoms with Crippen molar-refractivity contribution in [2.45, 2.75) is 26.7 Å². The Morgan fingerprint density at radius 1 is 1.50 bits per heavy atom. The van der Waals surface area contributed by atoms with Gasteiger partial charge in [-0.25, -0.2) is 4.98 Å². The summed E-state index contributed by atoms with van der Waals surface area (Å²) in [6.45, 7) is 5.22. The van der Waals surface area contributed by atoms with Crippen LogP contribution in [0.1, 0.15) is 26.7 Å². The lowest BCUT2D eigenvalue weighted by molar-refractivity contribution is -0.382. The van der Waals surface area contributed by atoms with Crippen LogP contribution in [0.3, 0.4) is 0 Å². The molecule has 0 radical (unpaired) electrons. The van der Waals surface area contributed by atoms with Crippen molar-refractivity contribution in [3.05, 3.63) is 27.8 Å². The lowest BCUT2D eigenvalue weighted by Gasteiger charge is -2.20. The Kier molecular flexibility index (Phi) is 3.12. The predicted octanol–water partition coefficient (Wildman–Crippen LogP) is 4.05. The van der Waals surface area contributed by atoms with Gasteiger partial charge in [0.15, 0.2) is 5.52 Å². The molecule has 0 amide bonds. The number of nitrogens with one attached hydrogen (secondary N) is 1. The minimum absolute atomic E-state index is 0.100. The number of aromatic nitrogens is 1.